The van der Waals surface area contributed by atoms with Crippen LogP contribution < -0.4 is 5.32 Å². The third-order valence-corrected chi connectivity index (χ3v) is 3.39. The molecule has 0 saturated carbocycles. The highest BCUT2D eigenvalue weighted by Crippen LogP contribution is 2.17. The largest absolute Gasteiger partial charge is 0.478 e. The maximum absolute atomic E-state index is 9.55. The number of carboxylic acid groups (broad SMARTS) is 2. The van der Waals surface area contributed by atoms with Crippen LogP contribution in [0.25, 0.3) is 10.8 Å². The topological polar surface area (TPSA) is 99.0 Å². The van der Waals surface area contributed by atoms with Crippen LogP contribution in [0, 0.1) is 0 Å². The first-order chi connectivity index (χ1) is 11.5. The summed E-state index contributed by atoms with van der Waals surface area (Å²) < 4.78 is 0. The van der Waals surface area contributed by atoms with Gasteiger partial charge in [0.1, 0.15) is 0 Å². The lowest BCUT2D eigenvalue weighted by Gasteiger charge is -2.10. The fraction of sp³-hybridized carbons (Fsp3) is 0.167. The molecule has 1 unspecified atom stereocenters. The number of benzene rings is 2. The molecule has 1 aliphatic rings. The first-order valence-corrected chi connectivity index (χ1v) is 7.40. The van der Waals surface area contributed by atoms with Crippen LogP contribution in [0.4, 0.5) is 0 Å². The SMILES string of the molecule is C1=NCC(Cc2ccc3ccccc3c2)N1.O=C(O)/C=C/C(=O)O. The Hall–Kier alpha value is -3.15. The van der Waals surface area contributed by atoms with Crippen molar-refractivity contribution in [3.63, 3.8) is 0 Å². The van der Waals surface area contributed by atoms with E-state index < -0.39 is 11.9 Å². The summed E-state index contributed by atoms with van der Waals surface area (Å²) in [5.74, 6) is -2.51. The Kier molecular flexibility index (Phi) is 6.08. The number of fused-ring (bicyclic) bond motifs is 1. The Morgan fingerprint density at radius 1 is 1.08 bits per heavy atom. The summed E-state index contributed by atoms with van der Waals surface area (Å²) >= 11 is 0. The number of carboxylic acids is 2. The summed E-state index contributed by atoms with van der Waals surface area (Å²) in [6.45, 7) is 0.896. The quantitative estimate of drug-likeness (QED) is 0.747. The molecule has 124 valence electrons. The summed E-state index contributed by atoms with van der Waals surface area (Å²) in [5.41, 5.74) is 1.38. The number of hydrogen-bond donors (Lipinski definition) is 3. The highest BCUT2D eigenvalue weighted by molar-refractivity contribution is 5.89. The first kappa shape index (κ1) is 17.2. The van der Waals surface area contributed by atoms with Crippen LogP contribution in [-0.2, 0) is 16.0 Å². The number of aliphatic imine (C=N–C) groups is 1. The van der Waals surface area contributed by atoms with E-state index in [0.29, 0.717) is 18.2 Å². The lowest BCUT2D eigenvalue weighted by Crippen LogP contribution is -2.26. The molecule has 2 aromatic rings. The van der Waals surface area contributed by atoms with Crippen molar-refractivity contribution in [3.8, 4) is 0 Å². The summed E-state index contributed by atoms with van der Waals surface area (Å²) in [7, 11) is 0. The van der Waals surface area contributed by atoms with Crippen molar-refractivity contribution in [2.24, 2.45) is 4.99 Å². The summed E-state index contributed by atoms with van der Waals surface area (Å²) in [5, 5.41) is 21.5. The molecule has 0 aliphatic carbocycles. The van der Waals surface area contributed by atoms with Crippen molar-refractivity contribution in [1.82, 2.24) is 5.32 Å². The maximum atomic E-state index is 9.55. The standard InChI is InChI=1S/C14H14N2.C4H4O4/c1-2-4-13-7-11(5-6-12(13)3-1)8-14-9-15-10-16-14;5-3(6)1-2-4(7)8/h1-7,10,14H,8-9H2,(H,15,16);1-2H,(H,5,6)(H,7,8)/b;2-1+. The second-order valence-corrected chi connectivity index (χ2v) is 5.25. The molecule has 0 saturated heterocycles. The normalized spacial score (nSPS) is 15.8. The van der Waals surface area contributed by atoms with Gasteiger partial charge in [-0.2, -0.15) is 0 Å². The van der Waals surface area contributed by atoms with Gasteiger partial charge in [0.05, 0.1) is 18.9 Å². The molecule has 1 atom stereocenters. The van der Waals surface area contributed by atoms with Crippen molar-refractivity contribution >= 4 is 29.0 Å². The van der Waals surface area contributed by atoms with Crippen molar-refractivity contribution in [2.75, 3.05) is 6.54 Å². The molecule has 3 N–H and O–H groups in total. The molecule has 0 fully saturated rings. The molecule has 1 heterocycles. The first-order valence-electron chi connectivity index (χ1n) is 7.40. The predicted octanol–water partition coefficient (Wildman–Crippen LogP) is 2.09. The van der Waals surface area contributed by atoms with Gasteiger partial charge in [0.2, 0.25) is 0 Å². The average Bonchev–Trinajstić information content (AvgIpc) is 3.06. The fourth-order valence-corrected chi connectivity index (χ4v) is 2.31. The molecule has 0 spiro atoms. The van der Waals surface area contributed by atoms with E-state index in [0.717, 1.165) is 13.0 Å². The third-order valence-electron chi connectivity index (χ3n) is 3.39. The van der Waals surface area contributed by atoms with E-state index in [2.05, 4.69) is 52.8 Å². The minimum atomic E-state index is -1.26. The molecule has 6 heteroatoms. The van der Waals surface area contributed by atoms with Gasteiger partial charge in [-0.3, -0.25) is 4.99 Å². The van der Waals surface area contributed by atoms with Crippen LogP contribution in [0.2, 0.25) is 0 Å². The summed E-state index contributed by atoms with van der Waals surface area (Å²) in [4.78, 5) is 23.3. The van der Waals surface area contributed by atoms with Crippen LogP contribution in [0.5, 0.6) is 0 Å². The van der Waals surface area contributed by atoms with Crippen LogP contribution >= 0.6 is 0 Å². The predicted molar refractivity (Wildman–Crippen MR) is 92.3 cm³/mol. The average molecular weight is 326 g/mol. The second kappa shape index (κ2) is 8.47. The van der Waals surface area contributed by atoms with Gasteiger partial charge >= 0.3 is 11.9 Å². The number of nitrogens with one attached hydrogen (secondary N) is 1. The van der Waals surface area contributed by atoms with Gasteiger partial charge < -0.3 is 15.5 Å². The van der Waals surface area contributed by atoms with Crippen LogP contribution in [-0.4, -0.2) is 41.1 Å². The van der Waals surface area contributed by atoms with Crippen molar-refractivity contribution < 1.29 is 19.8 Å². The molecule has 6 nitrogen and oxygen atoms in total. The summed E-state index contributed by atoms with van der Waals surface area (Å²) in [6, 6.07) is 15.6. The molecule has 0 bridgehead atoms. The van der Waals surface area contributed by atoms with Crippen LogP contribution in [0.15, 0.2) is 59.6 Å². The van der Waals surface area contributed by atoms with Crippen molar-refractivity contribution in [2.45, 2.75) is 12.5 Å². The van der Waals surface area contributed by atoms with Gasteiger partial charge in [0.15, 0.2) is 0 Å². The van der Waals surface area contributed by atoms with Crippen LogP contribution in [0.1, 0.15) is 5.56 Å². The number of aliphatic carboxylic acids is 2. The van der Waals surface area contributed by atoms with E-state index in [-0.39, 0.29) is 0 Å². The third kappa shape index (κ3) is 5.57. The number of nitrogens with zero attached hydrogens (tertiary/aromatic N) is 1. The summed E-state index contributed by atoms with van der Waals surface area (Å²) in [6.07, 6.45) is 3.97. The lowest BCUT2D eigenvalue weighted by atomic mass is 10.0. The van der Waals surface area contributed by atoms with E-state index in [1.807, 2.05) is 6.34 Å². The van der Waals surface area contributed by atoms with E-state index in [1.54, 1.807) is 0 Å². The molecule has 2 aromatic carbocycles. The fourth-order valence-electron chi connectivity index (χ4n) is 2.31. The van der Waals surface area contributed by atoms with Gasteiger partial charge in [0, 0.05) is 12.2 Å². The second-order valence-electron chi connectivity index (χ2n) is 5.25. The lowest BCUT2D eigenvalue weighted by molar-refractivity contribution is -0.134. The van der Waals surface area contributed by atoms with Gasteiger partial charge in [-0.15, -0.1) is 0 Å². The maximum Gasteiger partial charge on any atom is 0.328 e. The highest BCUT2D eigenvalue weighted by atomic mass is 16.4. The molecular weight excluding hydrogens is 308 g/mol. The van der Waals surface area contributed by atoms with Gasteiger partial charge in [-0.1, -0.05) is 42.5 Å². The Morgan fingerprint density at radius 2 is 1.75 bits per heavy atom. The Morgan fingerprint density at radius 3 is 2.33 bits per heavy atom. The van der Waals surface area contributed by atoms with E-state index in [4.69, 9.17) is 10.2 Å². The molecule has 0 radical (unpaired) electrons. The molecule has 0 amide bonds. The zero-order valence-corrected chi connectivity index (χ0v) is 12.9. The van der Waals surface area contributed by atoms with E-state index in [9.17, 15) is 9.59 Å². The van der Waals surface area contributed by atoms with Gasteiger partial charge in [0.25, 0.3) is 0 Å². The van der Waals surface area contributed by atoms with E-state index >= 15 is 0 Å². The Balaban J connectivity index is 0.000000224. The van der Waals surface area contributed by atoms with Crippen molar-refractivity contribution in [1.29, 1.82) is 0 Å². The number of carbonyl (C=O) groups is 2. The molecule has 0 aromatic heterocycles. The molecule has 1 aliphatic heterocycles. The van der Waals surface area contributed by atoms with Gasteiger partial charge in [-0.05, 0) is 22.8 Å². The number of rotatable bonds is 4. The van der Waals surface area contributed by atoms with Crippen molar-refractivity contribution in [3.05, 3.63) is 60.2 Å². The van der Waals surface area contributed by atoms with E-state index in [1.165, 1.54) is 16.3 Å². The number of hydrogen-bond acceptors (Lipinski definition) is 4. The molecule has 24 heavy (non-hydrogen) atoms. The van der Waals surface area contributed by atoms with Gasteiger partial charge in [-0.25, -0.2) is 9.59 Å². The van der Waals surface area contributed by atoms with Crippen LogP contribution in [0.3, 0.4) is 0 Å². The molecule has 3 rings (SSSR count). The monoisotopic (exact) mass is 326 g/mol. The minimum Gasteiger partial charge on any atom is -0.478 e. The smallest absolute Gasteiger partial charge is 0.328 e. The minimum absolute atomic E-state index is 0.473. The zero-order chi connectivity index (χ0) is 17.4. The zero-order valence-electron chi connectivity index (χ0n) is 12.9. The highest BCUT2D eigenvalue weighted by Gasteiger charge is 2.10. The Labute approximate surface area is 139 Å². The molecular formula is C18H18N2O4. The Bertz CT molecular complexity index is 759.